The minimum atomic E-state index is -0.412. The van der Waals surface area contributed by atoms with Crippen molar-refractivity contribution in [2.75, 3.05) is 18.2 Å². The van der Waals surface area contributed by atoms with Crippen molar-refractivity contribution < 1.29 is 9.13 Å². The van der Waals surface area contributed by atoms with Crippen LogP contribution in [0.2, 0.25) is 0 Å². The maximum Gasteiger partial charge on any atom is 0.148 e. The van der Waals surface area contributed by atoms with Crippen molar-refractivity contribution in [1.29, 1.82) is 0 Å². The van der Waals surface area contributed by atoms with Gasteiger partial charge in [-0.25, -0.2) is 4.39 Å². The Morgan fingerprint density at radius 1 is 1.15 bits per heavy atom. The van der Waals surface area contributed by atoms with Crippen molar-refractivity contribution in [3.63, 3.8) is 0 Å². The molecule has 0 radical (unpaired) electrons. The van der Waals surface area contributed by atoms with Crippen LogP contribution in [0.25, 0.3) is 0 Å². The summed E-state index contributed by atoms with van der Waals surface area (Å²) in [6.45, 7) is 3.93. The Kier molecular flexibility index (Phi) is 4.18. The van der Waals surface area contributed by atoms with Crippen LogP contribution in [-0.2, 0) is 0 Å². The molecule has 2 aromatic rings. The van der Waals surface area contributed by atoms with Crippen molar-refractivity contribution in [1.82, 2.24) is 0 Å². The summed E-state index contributed by atoms with van der Waals surface area (Å²) in [7, 11) is 1.50. The molecule has 5 heteroatoms. The van der Waals surface area contributed by atoms with Crippen LogP contribution < -0.4 is 15.8 Å². The lowest BCUT2D eigenvalue weighted by Crippen LogP contribution is -2.01. The van der Waals surface area contributed by atoms with Gasteiger partial charge in [0.25, 0.3) is 0 Å². The Balaban J connectivity index is 2.45. The molecule has 3 nitrogen and oxygen atoms in total. The molecule has 0 unspecified atom stereocenters. The second-order valence-corrected chi connectivity index (χ2v) is 5.53. The van der Waals surface area contributed by atoms with Crippen LogP contribution in [0, 0.1) is 19.7 Å². The number of aryl methyl sites for hydroxylation is 2. The lowest BCUT2D eigenvalue weighted by atomic mass is 10.1. The monoisotopic (exact) mass is 338 g/mol. The fourth-order valence-corrected chi connectivity index (χ4v) is 2.77. The van der Waals surface area contributed by atoms with Gasteiger partial charge in [-0.2, -0.15) is 0 Å². The number of nitrogens with one attached hydrogen (secondary N) is 1. The second kappa shape index (κ2) is 5.71. The molecule has 0 saturated heterocycles. The highest BCUT2D eigenvalue weighted by Crippen LogP contribution is 2.33. The SMILES string of the molecule is COc1cc(Nc2c(C)cc(Br)cc2C)c(F)cc1N. The first-order valence-corrected chi connectivity index (χ1v) is 6.88. The molecule has 0 heterocycles. The van der Waals surface area contributed by atoms with Gasteiger partial charge >= 0.3 is 0 Å². The molecular weight excluding hydrogens is 323 g/mol. The maximum absolute atomic E-state index is 14.0. The summed E-state index contributed by atoms with van der Waals surface area (Å²) in [4.78, 5) is 0. The summed E-state index contributed by atoms with van der Waals surface area (Å²) in [6.07, 6.45) is 0. The molecule has 0 spiro atoms. The molecule has 0 aromatic heterocycles. The zero-order chi connectivity index (χ0) is 14.9. The Hall–Kier alpha value is -1.75. The highest BCUT2D eigenvalue weighted by atomic mass is 79.9. The number of anilines is 3. The van der Waals surface area contributed by atoms with Crippen molar-refractivity contribution in [3.05, 3.63) is 45.7 Å². The van der Waals surface area contributed by atoms with Crippen LogP contribution >= 0.6 is 15.9 Å². The zero-order valence-corrected chi connectivity index (χ0v) is 13.1. The summed E-state index contributed by atoms with van der Waals surface area (Å²) in [6, 6.07) is 6.76. The zero-order valence-electron chi connectivity index (χ0n) is 11.6. The van der Waals surface area contributed by atoms with Gasteiger partial charge in [0.05, 0.1) is 18.5 Å². The van der Waals surface area contributed by atoms with Gasteiger partial charge in [0.1, 0.15) is 11.6 Å². The van der Waals surface area contributed by atoms with Crippen LogP contribution in [0.1, 0.15) is 11.1 Å². The molecule has 0 aliphatic heterocycles. The van der Waals surface area contributed by atoms with E-state index in [4.69, 9.17) is 10.5 Å². The molecule has 106 valence electrons. The molecule has 2 rings (SSSR count). The third kappa shape index (κ3) is 2.88. The van der Waals surface area contributed by atoms with E-state index in [2.05, 4.69) is 21.2 Å². The molecule has 0 aliphatic rings. The number of methoxy groups -OCH3 is 1. The van der Waals surface area contributed by atoms with Crippen LogP contribution in [0.4, 0.5) is 21.5 Å². The standard InChI is InChI=1S/C15H16BrFN2O/c1-8-4-10(16)5-9(2)15(8)19-13-7-14(20-3)12(18)6-11(13)17/h4-7,19H,18H2,1-3H3. The summed E-state index contributed by atoms with van der Waals surface area (Å²) in [5, 5.41) is 3.11. The Labute approximate surface area is 126 Å². The lowest BCUT2D eigenvalue weighted by molar-refractivity contribution is 0.416. The highest BCUT2D eigenvalue weighted by Gasteiger charge is 2.11. The first kappa shape index (κ1) is 14.7. The fourth-order valence-electron chi connectivity index (χ4n) is 2.08. The number of hydrogen-bond acceptors (Lipinski definition) is 3. The smallest absolute Gasteiger partial charge is 0.148 e. The third-order valence-corrected chi connectivity index (χ3v) is 3.53. The topological polar surface area (TPSA) is 47.3 Å². The Morgan fingerprint density at radius 2 is 1.75 bits per heavy atom. The van der Waals surface area contributed by atoms with Crippen molar-refractivity contribution >= 4 is 33.0 Å². The average Bonchev–Trinajstić information content (AvgIpc) is 2.35. The number of nitrogen functional groups attached to an aromatic ring is 1. The highest BCUT2D eigenvalue weighted by molar-refractivity contribution is 9.10. The first-order valence-electron chi connectivity index (χ1n) is 6.09. The van der Waals surface area contributed by atoms with Gasteiger partial charge in [-0.05, 0) is 37.1 Å². The first-order chi connectivity index (χ1) is 9.42. The van der Waals surface area contributed by atoms with E-state index >= 15 is 0 Å². The molecular formula is C15H16BrFN2O. The van der Waals surface area contributed by atoms with E-state index in [9.17, 15) is 4.39 Å². The molecule has 0 atom stereocenters. The summed E-state index contributed by atoms with van der Waals surface area (Å²) in [5.74, 6) is 0.0336. The van der Waals surface area contributed by atoms with Crippen LogP contribution in [-0.4, -0.2) is 7.11 Å². The van der Waals surface area contributed by atoms with Crippen LogP contribution in [0.5, 0.6) is 5.75 Å². The number of hydrogen-bond donors (Lipinski definition) is 2. The van der Waals surface area contributed by atoms with Gasteiger partial charge in [0, 0.05) is 22.3 Å². The van der Waals surface area contributed by atoms with Crippen molar-refractivity contribution in [2.45, 2.75) is 13.8 Å². The lowest BCUT2D eigenvalue weighted by Gasteiger charge is -2.15. The van der Waals surface area contributed by atoms with E-state index in [1.54, 1.807) is 6.07 Å². The minimum absolute atomic E-state index is 0.278. The van der Waals surface area contributed by atoms with Gasteiger partial charge < -0.3 is 15.8 Å². The van der Waals surface area contributed by atoms with Gasteiger partial charge in [-0.3, -0.25) is 0 Å². The molecule has 0 saturated carbocycles. The molecule has 3 N–H and O–H groups in total. The molecule has 0 amide bonds. The van der Waals surface area contributed by atoms with Gasteiger partial charge in [-0.15, -0.1) is 0 Å². The fraction of sp³-hybridized carbons (Fsp3) is 0.200. The minimum Gasteiger partial charge on any atom is -0.495 e. The largest absolute Gasteiger partial charge is 0.495 e. The third-order valence-electron chi connectivity index (χ3n) is 3.08. The van der Waals surface area contributed by atoms with E-state index in [-0.39, 0.29) is 5.69 Å². The number of benzene rings is 2. The second-order valence-electron chi connectivity index (χ2n) is 4.61. The molecule has 0 bridgehead atoms. The predicted molar refractivity (Wildman–Crippen MR) is 84.3 cm³/mol. The molecule has 20 heavy (non-hydrogen) atoms. The number of halogens is 2. The molecule has 0 fully saturated rings. The van der Waals surface area contributed by atoms with E-state index in [1.807, 2.05) is 26.0 Å². The molecule has 2 aromatic carbocycles. The number of nitrogens with two attached hydrogens (primary N) is 1. The van der Waals surface area contributed by atoms with E-state index < -0.39 is 5.82 Å². The van der Waals surface area contributed by atoms with Crippen molar-refractivity contribution in [2.24, 2.45) is 0 Å². The Morgan fingerprint density at radius 3 is 2.30 bits per heavy atom. The van der Waals surface area contributed by atoms with E-state index in [0.717, 1.165) is 21.3 Å². The molecule has 0 aliphatic carbocycles. The summed E-state index contributed by atoms with van der Waals surface area (Å²) < 4.78 is 20.1. The number of rotatable bonds is 3. The normalized spacial score (nSPS) is 10.4. The van der Waals surface area contributed by atoms with Crippen LogP contribution in [0.3, 0.4) is 0 Å². The number of ether oxygens (including phenoxy) is 1. The maximum atomic E-state index is 14.0. The van der Waals surface area contributed by atoms with Gasteiger partial charge in [0.2, 0.25) is 0 Å². The quantitative estimate of drug-likeness (QED) is 0.807. The van der Waals surface area contributed by atoms with E-state index in [0.29, 0.717) is 11.4 Å². The average molecular weight is 339 g/mol. The Bertz CT molecular complexity index is 636. The summed E-state index contributed by atoms with van der Waals surface area (Å²) >= 11 is 3.44. The van der Waals surface area contributed by atoms with Crippen LogP contribution in [0.15, 0.2) is 28.7 Å². The summed E-state index contributed by atoms with van der Waals surface area (Å²) in [5.41, 5.74) is 9.20. The van der Waals surface area contributed by atoms with Gasteiger partial charge in [0.15, 0.2) is 0 Å². The van der Waals surface area contributed by atoms with Crippen molar-refractivity contribution in [3.8, 4) is 5.75 Å². The van der Waals surface area contributed by atoms with E-state index in [1.165, 1.54) is 13.2 Å². The predicted octanol–water partition coefficient (Wildman–Crippen LogP) is 4.54. The van der Waals surface area contributed by atoms with Gasteiger partial charge in [-0.1, -0.05) is 15.9 Å².